The van der Waals surface area contributed by atoms with E-state index in [9.17, 15) is 0 Å². The summed E-state index contributed by atoms with van der Waals surface area (Å²) in [5.41, 5.74) is 3.51. The van der Waals surface area contributed by atoms with Crippen molar-refractivity contribution in [1.29, 1.82) is 0 Å². The van der Waals surface area contributed by atoms with Crippen LogP contribution in [0.25, 0.3) is 16.3 Å². The highest BCUT2D eigenvalue weighted by Gasteiger charge is 2.12. The third-order valence-electron chi connectivity index (χ3n) is 4.21. The molecule has 0 heterocycles. The van der Waals surface area contributed by atoms with Crippen LogP contribution in [0.5, 0.6) is 5.75 Å². The van der Waals surface area contributed by atoms with Gasteiger partial charge in [0.15, 0.2) is 0 Å². The maximum absolute atomic E-state index is 6.46. The van der Waals surface area contributed by atoms with Gasteiger partial charge in [0, 0.05) is 37.1 Å². The van der Waals surface area contributed by atoms with Crippen LogP contribution in [0.3, 0.4) is 0 Å². The molecule has 0 bridgehead atoms. The van der Waals surface area contributed by atoms with Gasteiger partial charge in [-0.25, -0.2) is 0 Å². The number of benzene rings is 3. The lowest BCUT2D eigenvalue weighted by molar-refractivity contribution is 0.419. The first-order valence-electron chi connectivity index (χ1n) is 8.27. The van der Waals surface area contributed by atoms with E-state index in [0.717, 1.165) is 28.1 Å². The van der Waals surface area contributed by atoms with Crippen LogP contribution in [0, 0.1) is 0 Å². The first-order valence-corrected chi connectivity index (χ1v) is 8.64. The largest absolute Gasteiger partial charge is 0.496 e. The molecule has 0 aliphatic rings. The summed E-state index contributed by atoms with van der Waals surface area (Å²) in [4.78, 5) is 2.06. The minimum Gasteiger partial charge on any atom is -0.496 e. The number of hydrogen-bond acceptors (Lipinski definition) is 2. The first-order chi connectivity index (χ1) is 12.1. The van der Waals surface area contributed by atoms with E-state index in [0.29, 0.717) is 0 Å². The van der Waals surface area contributed by atoms with Crippen LogP contribution in [0.1, 0.15) is 11.1 Å². The molecule has 0 aliphatic heterocycles. The van der Waals surface area contributed by atoms with Crippen molar-refractivity contribution in [3.05, 3.63) is 83.0 Å². The summed E-state index contributed by atoms with van der Waals surface area (Å²) in [5, 5.41) is 3.11. The van der Waals surface area contributed by atoms with Crippen molar-refractivity contribution in [2.24, 2.45) is 0 Å². The first kappa shape index (κ1) is 17.4. The Balaban J connectivity index is 2.10. The zero-order valence-corrected chi connectivity index (χ0v) is 15.5. The molecule has 3 aromatic rings. The van der Waals surface area contributed by atoms with E-state index in [1.165, 1.54) is 16.5 Å². The molecule has 0 radical (unpaired) electrons. The van der Waals surface area contributed by atoms with Crippen molar-refractivity contribution in [2.45, 2.75) is 6.42 Å². The lowest BCUT2D eigenvalue weighted by Gasteiger charge is -2.16. The highest BCUT2D eigenvalue weighted by atomic mass is 35.5. The summed E-state index contributed by atoms with van der Waals surface area (Å²) in [6.07, 6.45) is 2.94. The van der Waals surface area contributed by atoms with E-state index in [4.69, 9.17) is 16.3 Å². The van der Waals surface area contributed by atoms with Gasteiger partial charge in [0.25, 0.3) is 0 Å². The summed E-state index contributed by atoms with van der Waals surface area (Å²) in [5.74, 6) is 0.898. The minimum atomic E-state index is 0.772. The Morgan fingerprint density at radius 1 is 0.960 bits per heavy atom. The molecule has 0 saturated heterocycles. The van der Waals surface area contributed by atoms with Crippen molar-refractivity contribution >= 4 is 27.9 Å². The Bertz CT molecular complexity index is 915. The number of halogens is 1. The molecule has 0 unspecified atom stereocenters. The van der Waals surface area contributed by atoms with Crippen LogP contribution in [-0.2, 0) is 6.42 Å². The highest BCUT2D eigenvalue weighted by Crippen LogP contribution is 2.33. The van der Waals surface area contributed by atoms with Crippen molar-refractivity contribution in [3.8, 4) is 5.75 Å². The Morgan fingerprint density at radius 3 is 2.32 bits per heavy atom. The molecule has 3 heteroatoms. The van der Waals surface area contributed by atoms with Gasteiger partial charge in [-0.15, -0.1) is 0 Å². The van der Waals surface area contributed by atoms with Crippen molar-refractivity contribution < 1.29 is 4.74 Å². The third kappa shape index (κ3) is 3.80. The van der Waals surface area contributed by atoms with Crippen LogP contribution >= 0.6 is 11.6 Å². The predicted octanol–water partition coefficient (Wildman–Crippen LogP) is 5.65. The number of methoxy groups -OCH3 is 1. The molecule has 0 aliphatic carbocycles. The number of allylic oxidation sites excluding steroid dienone is 1. The molecule has 128 valence electrons. The smallest absolute Gasteiger partial charge is 0.126 e. The van der Waals surface area contributed by atoms with E-state index in [1.54, 1.807) is 7.11 Å². The molecule has 0 atom stereocenters. The molecule has 0 aromatic heterocycles. The van der Waals surface area contributed by atoms with Gasteiger partial charge in [-0.05, 0) is 34.2 Å². The van der Waals surface area contributed by atoms with E-state index in [1.807, 2.05) is 44.4 Å². The number of rotatable bonds is 5. The van der Waals surface area contributed by atoms with Gasteiger partial charge in [0.1, 0.15) is 5.75 Å². The molecule has 2 nitrogen and oxygen atoms in total. The molecule has 0 fully saturated rings. The second-order valence-corrected chi connectivity index (χ2v) is 6.65. The fourth-order valence-electron chi connectivity index (χ4n) is 3.11. The number of ether oxygens (including phenoxy) is 1. The maximum atomic E-state index is 6.46. The average molecular weight is 352 g/mol. The van der Waals surface area contributed by atoms with Gasteiger partial charge in [-0.1, -0.05) is 60.1 Å². The van der Waals surface area contributed by atoms with Gasteiger partial charge in [-0.3, -0.25) is 0 Å². The average Bonchev–Trinajstić information content (AvgIpc) is 2.61. The SMILES string of the molecule is COc1ccc(C/C(=C\N(C)C)c2ccccc2Cl)c2ccccc12. The summed E-state index contributed by atoms with van der Waals surface area (Å²) < 4.78 is 5.51. The molecule has 25 heavy (non-hydrogen) atoms. The Hall–Kier alpha value is -2.45. The van der Waals surface area contributed by atoms with Gasteiger partial charge in [-0.2, -0.15) is 0 Å². The zero-order chi connectivity index (χ0) is 17.8. The van der Waals surface area contributed by atoms with Crippen LogP contribution in [0.4, 0.5) is 0 Å². The van der Waals surface area contributed by atoms with Gasteiger partial charge >= 0.3 is 0 Å². The molecule has 3 rings (SSSR count). The summed E-state index contributed by atoms with van der Waals surface area (Å²) >= 11 is 6.46. The van der Waals surface area contributed by atoms with Crippen LogP contribution in [0.15, 0.2) is 66.9 Å². The Morgan fingerprint density at radius 2 is 1.64 bits per heavy atom. The molecule has 0 N–H and O–H groups in total. The fraction of sp³-hybridized carbons (Fsp3) is 0.182. The molecular formula is C22H22ClNO. The van der Waals surface area contributed by atoms with Gasteiger partial charge in [0.05, 0.1) is 7.11 Å². The lowest BCUT2D eigenvalue weighted by Crippen LogP contribution is -2.05. The molecule has 3 aromatic carbocycles. The van der Waals surface area contributed by atoms with Gasteiger partial charge < -0.3 is 9.64 Å². The molecular weight excluding hydrogens is 330 g/mol. The van der Waals surface area contributed by atoms with E-state index >= 15 is 0 Å². The van der Waals surface area contributed by atoms with Crippen LogP contribution < -0.4 is 4.74 Å². The van der Waals surface area contributed by atoms with Crippen molar-refractivity contribution in [3.63, 3.8) is 0 Å². The second kappa shape index (κ2) is 7.62. The topological polar surface area (TPSA) is 12.5 Å². The minimum absolute atomic E-state index is 0.772. The molecule has 0 amide bonds. The zero-order valence-electron chi connectivity index (χ0n) is 14.8. The monoisotopic (exact) mass is 351 g/mol. The van der Waals surface area contributed by atoms with Crippen LogP contribution in [-0.4, -0.2) is 26.1 Å². The normalized spacial score (nSPS) is 11.6. The van der Waals surface area contributed by atoms with Crippen molar-refractivity contribution in [1.82, 2.24) is 4.90 Å². The number of nitrogens with zero attached hydrogens (tertiary/aromatic N) is 1. The fourth-order valence-corrected chi connectivity index (χ4v) is 3.37. The Labute approximate surface area is 154 Å². The van der Waals surface area contributed by atoms with E-state index in [-0.39, 0.29) is 0 Å². The lowest BCUT2D eigenvalue weighted by atomic mass is 9.94. The number of hydrogen-bond donors (Lipinski definition) is 0. The number of fused-ring (bicyclic) bond motifs is 1. The quantitative estimate of drug-likeness (QED) is 0.589. The molecule has 0 saturated carbocycles. The summed E-state index contributed by atoms with van der Waals surface area (Å²) in [6, 6.07) is 20.5. The standard InChI is InChI=1S/C22H22ClNO/c1-24(2)15-17(19-9-6-7-11-21(19)23)14-16-12-13-22(25-3)20-10-5-4-8-18(16)20/h4-13,15H,14H2,1-3H3/b17-15+. The maximum Gasteiger partial charge on any atom is 0.126 e. The highest BCUT2D eigenvalue weighted by molar-refractivity contribution is 6.32. The van der Waals surface area contributed by atoms with Crippen molar-refractivity contribution in [2.75, 3.05) is 21.2 Å². The Kier molecular flexibility index (Phi) is 5.30. The third-order valence-corrected chi connectivity index (χ3v) is 4.54. The van der Waals surface area contributed by atoms with Crippen LogP contribution in [0.2, 0.25) is 5.02 Å². The van der Waals surface area contributed by atoms with E-state index < -0.39 is 0 Å². The summed E-state index contributed by atoms with van der Waals surface area (Å²) in [7, 11) is 5.77. The van der Waals surface area contributed by atoms with E-state index in [2.05, 4.69) is 41.4 Å². The molecule has 0 spiro atoms. The second-order valence-electron chi connectivity index (χ2n) is 6.25. The summed E-state index contributed by atoms with van der Waals surface area (Å²) in [6.45, 7) is 0. The predicted molar refractivity (Wildman–Crippen MR) is 107 cm³/mol. The van der Waals surface area contributed by atoms with Gasteiger partial charge in [0.2, 0.25) is 0 Å².